The molecule has 1 aliphatic rings. The quantitative estimate of drug-likeness (QED) is 0.570. The zero-order valence-electron chi connectivity index (χ0n) is 9.29. The molecule has 0 aliphatic carbocycles. The van der Waals surface area contributed by atoms with E-state index < -0.39 is 29.6 Å². The van der Waals surface area contributed by atoms with E-state index in [-0.39, 0.29) is 18.6 Å². The minimum Gasteiger partial charge on any atom is -0.394 e. The lowest BCUT2D eigenvalue weighted by molar-refractivity contribution is -0.0230. The van der Waals surface area contributed by atoms with Crippen molar-refractivity contribution in [2.75, 3.05) is 6.61 Å². The van der Waals surface area contributed by atoms with E-state index in [9.17, 15) is 14.7 Å². The smallest absolute Gasteiger partial charge is 0.328 e. The van der Waals surface area contributed by atoms with Crippen LogP contribution in [0, 0.1) is 0 Å². The molecule has 3 atom stereocenters. The van der Waals surface area contributed by atoms with Gasteiger partial charge in [0.1, 0.15) is 6.10 Å². The summed E-state index contributed by atoms with van der Waals surface area (Å²) in [5.74, 6) is 0. The molecule has 1 aromatic heterocycles. The lowest BCUT2D eigenvalue weighted by Gasteiger charge is -2.12. The van der Waals surface area contributed by atoms with Crippen molar-refractivity contribution >= 4 is 0 Å². The number of ether oxygens (including phenoxy) is 1. The molecule has 0 unspecified atom stereocenters. The molecule has 7 nitrogen and oxygen atoms in total. The van der Waals surface area contributed by atoms with Crippen LogP contribution in [0.2, 0.25) is 0 Å². The zero-order valence-corrected chi connectivity index (χ0v) is 9.29. The van der Waals surface area contributed by atoms with Crippen LogP contribution in [-0.2, 0) is 11.8 Å². The Morgan fingerprint density at radius 3 is 2.88 bits per heavy atom. The number of aryl methyl sites for hydroxylation is 1. The van der Waals surface area contributed by atoms with Crippen molar-refractivity contribution in [3.05, 3.63) is 32.6 Å². The molecule has 0 spiro atoms. The summed E-state index contributed by atoms with van der Waals surface area (Å²) in [5.41, 5.74) is -0.748. The van der Waals surface area contributed by atoms with Gasteiger partial charge in [-0.15, -0.1) is 0 Å². The fourth-order valence-electron chi connectivity index (χ4n) is 1.91. The summed E-state index contributed by atoms with van der Waals surface area (Å²) in [6, 6.07) is 0. The van der Waals surface area contributed by atoms with Crippen molar-refractivity contribution in [1.82, 2.24) is 9.55 Å². The van der Waals surface area contributed by atoms with Crippen LogP contribution in [0.4, 0.5) is 0 Å². The lowest BCUT2D eigenvalue weighted by atomic mass is 10.1. The third-order valence-corrected chi connectivity index (χ3v) is 2.89. The second-order valence-corrected chi connectivity index (χ2v) is 4.10. The largest absolute Gasteiger partial charge is 0.394 e. The predicted molar refractivity (Wildman–Crippen MR) is 57.6 cm³/mol. The minimum absolute atomic E-state index is 0.229. The first-order valence-electron chi connectivity index (χ1n) is 5.27. The number of rotatable bonds is 2. The van der Waals surface area contributed by atoms with Gasteiger partial charge in [0.05, 0.1) is 24.4 Å². The van der Waals surface area contributed by atoms with E-state index in [1.165, 1.54) is 17.8 Å². The van der Waals surface area contributed by atoms with Crippen LogP contribution in [-0.4, -0.2) is 38.6 Å². The molecule has 1 fully saturated rings. The number of nitrogens with one attached hydrogen (secondary N) is 1. The Balaban J connectivity index is 2.34. The highest BCUT2D eigenvalue weighted by Gasteiger charge is 2.35. The van der Waals surface area contributed by atoms with Crippen LogP contribution in [0.3, 0.4) is 0 Å². The summed E-state index contributed by atoms with van der Waals surface area (Å²) in [5, 5.41) is 18.5. The molecular formula is C10H14N2O5. The van der Waals surface area contributed by atoms with E-state index in [1.54, 1.807) is 0 Å². The van der Waals surface area contributed by atoms with E-state index in [0.29, 0.717) is 0 Å². The normalized spacial score (nSPS) is 28.5. The van der Waals surface area contributed by atoms with Crippen LogP contribution in [0.25, 0.3) is 0 Å². The standard InChI is InChI=1S/C10H14N2O5/c1-12-3-5(9(15)11-10(12)16)7-2-6(14)8(4-13)17-7/h3,6-8,13-14H,2,4H2,1H3,(H,11,15,16)/t6-,7+,8+/m0/s1/i1-1. The second-order valence-electron chi connectivity index (χ2n) is 4.10. The van der Waals surface area contributed by atoms with Gasteiger partial charge >= 0.3 is 5.69 Å². The Morgan fingerprint density at radius 1 is 1.59 bits per heavy atom. The monoisotopic (exact) mass is 241 g/mol. The molecule has 17 heavy (non-hydrogen) atoms. The number of aromatic nitrogens is 2. The Labute approximate surface area is 96.3 Å². The van der Waals surface area contributed by atoms with Crippen LogP contribution in [0.15, 0.2) is 15.8 Å². The van der Waals surface area contributed by atoms with Crippen LogP contribution in [0.5, 0.6) is 0 Å². The molecule has 0 radical (unpaired) electrons. The number of hydrogen-bond acceptors (Lipinski definition) is 5. The van der Waals surface area contributed by atoms with Crippen LogP contribution >= 0.6 is 0 Å². The van der Waals surface area contributed by atoms with Gasteiger partial charge in [0.2, 0.25) is 0 Å². The molecule has 1 saturated heterocycles. The number of H-pyrrole nitrogens is 1. The van der Waals surface area contributed by atoms with Gasteiger partial charge in [-0.2, -0.15) is 0 Å². The molecule has 1 aromatic rings. The number of aliphatic hydroxyl groups excluding tert-OH is 2. The highest BCUT2D eigenvalue weighted by Crippen LogP contribution is 2.30. The third kappa shape index (κ3) is 2.17. The second kappa shape index (κ2) is 4.44. The van der Waals surface area contributed by atoms with Gasteiger partial charge < -0.3 is 19.5 Å². The topological polar surface area (TPSA) is 105 Å². The summed E-state index contributed by atoms with van der Waals surface area (Å²) in [7, 11) is 1.51. The molecule has 2 rings (SSSR count). The first-order chi connectivity index (χ1) is 8.02. The van der Waals surface area contributed by atoms with E-state index in [4.69, 9.17) is 9.84 Å². The van der Waals surface area contributed by atoms with Crippen molar-refractivity contribution in [1.29, 1.82) is 0 Å². The average molecular weight is 241 g/mol. The summed E-state index contributed by atoms with van der Waals surface area (Å²) in [6.45, 7) is -0.304. The highest BCUT2D eigenvalue weighted by atomic mass is 16.5. The summed E-state index contributed by atoms with van der Waals surface area (Å²) in [6.07, 6.45) is -0.471. The molecule has 7 heteroatoms. The van der Waals surface area contributed by atoms with E-state index in [0.717, 1.165) is 0 Å². The predicted octanol–water partition coefficient (Wildman–Crippen LogP) is -1.74. The van der Waals surface area contributed by atoms with E-state index >= 15 is 0 Å². The van der Waals surface area contributed by atoms with Crippen molar-refractivity contribution < 1.29 is 14.9 Å². The Bertz CT molecular complexity index is 520. The van der Waals surface area contributed by atoms with Gasteiger partial charge in [0, 0.05) is 19.7 Å². The van der Waals surface area contributed by atoms with Crippen molar-refractivity contribution in [3.8, 4) is 0 Å². The fraction of sp³-hybridized carbons (Fsp3) is 0.600. The fourth-order valence-corrected chi connectivity index (χ4v) is 1.91. The SMILES string of the molecule is [11CH3]n1cc([C@H]2C[C@H](O)[C@@H](CO)O2)c(=O)[nH]c1=O. The first kappa shape index (κ1) is 12.0. The Kier molecular flexibility index (Phi) is 3.14. The van der Waals surface area contributed by atoms with Crippen LogP contribution in [0.1, 0.15) is 18.1 Å². The first-order valence-corrected chi connectivity index (χ1v) is 5.27. The highest BCUT2D eigenvalue weighted by molar-refractivity contribution is 5.11. The van der Waals surface area contributed by atoms with Gasteiger partial charge in [-0.25, -0.2) is 4.79 Å². The van der Waals surface area contributed by atoms with Crippen molar-refractivity contribution in [2.45, 2.75) is 24.7 Å². The maximum absolute atomic E-state index is 11.6. The lowest BCUT2D eigenvalue weighted by Crippen LogP contribution is -2.31. The van der Waals surface area contributed by atoms with Gasteiger partial charge in [-0.1, -0.05) is 0 Å². The van der Waals surface area contributed by atoms with Crippen molar-refractivity contribution in [3.63, 3.8) is 0 Å². The summed E-state index contributed by atoms with van der Waals surface area (Å²) in [4.78, 5) is 24.9. The average Bonchev–Trinajstić information content (AvgIpc) is 2.65. The molecule has 0 bridgehead atoms. The summed E-state index contributed by atoms with van der Waals surface area (Å²) < 4.78 is 6.58. The molecule has 0 aromatic carbocycles. The molecular weight excluding hydrogens is 227 g/mol. The van der Waals surface area contributed by atoms with Crippen LogP contribution < -0.4 is 11.2 Å². The third-order valence-electron chi connectivity index (χ3n) is 2.89. The molecule has 3 N–H and O–H groups in total. The van der Waals surface area contributed by atoms with E-state index in [2.05, 4.69) is 4.98 Å². The number of hydrogen-bond donors (Lipinski definition) is 3. The summed E-state index contributed by atoms with van der Waals surface area (Å²) >= 11 is 0. The Hall–Kier alpha value is -1.44. The molecule has 1 aliphatic heterocycles. The minimum atomic E-state index is -0.804. The molecule has 94 valence electrons. The maximum Gasteiger partial charge on any atom is 0.328 e. The van der Waals surface area contributed by atoms with E-state index in [1.807, 2.05) is 0 Å². The van der Waals surface area contributed by atoms with Gasteiger partial charge in [-0.3, -0.25) is 9.78 Å². The number of aliphatic hydroxyl groups is 2. The van der Waals surface area contributed by atoms with Gasteiger partial charge in [0.25, 0.3) is 5.56 Å². The number of aromatic amines is 1. The number of nitrogens with zero attached hydrogens (tertiary/aromatic N) is 1. The molecule has 0 amide bonds. The van der Waals surface area contributed by atoms with Gasteiger partial charge in [-0.05, 0) is 0 Å². The Morgan fingerprint density at radius 2 is 2.29 bits per heavy atom. The zero-order chi connectivity index (χ0) is 12.6. The van der Waals surface area contributed by atoms with Crippen molar-refractivity contribution in [2.24, 2.45) is 7.05 Å². The van der Waals surface area contributed by atoms with Gasteiger partial charge in [0.15, 0.2) is 0 Å². The molecule has 0 saturated carbocycles. The molecule has 2 heterocycles. The maximum atomic E-state index is 11.6.